The third-order valence-electron chi connectivity index (χ3n) is 5.26. The Balaban J connectivity index is 1.71. The summed E-state index contributed by atoms with van der Waals surface area (Å²) in [6, 6.07) is 15.4. The highest BCUT2D eigenvalue weighted by atomic mass is 32.2. The highest BCUT2D eigenvalue weighted by Gasteiger charge is 2.28. The maximum atomic E-state index is 5.91. The van der Waals surface area contributed by atoms with Crippen LogP contribution in [-0.4, -0.2) is 35.6 Å². The van der Waals surface area contributed by atoms with Gasteiger partial charge in [-0.1, -0.05) is 48.6 Å². The lowest BCUT2D eigenvalue weighted by molar-refractivity contribution is 0.219. The van der Waals surface area contributed by atoms with Crippen molar-refractivity contribution in [2.75, 3.05) is 24.5 Å². The van der Waals surface area contributed by atoms with E-state index in [2.05, 4.69) is 53.1 Å². The molecule has 136 valence electrons. The molecular formula is C21H25N3S2. The fraction of sp³-hybridized carbons (Fsp3) is 0.381. The number of thiocarbonyl (C=S) groups is 1. The van der Waals surface area contributed by atoms with E-state index >= 15 is 0 Å². The van der Waals surface area contributed by atoms with Crippen molar-refractivity contribution >= 4 is 40.3 Å². The van der Waals surface area contributed by atoms with Crippen LogP contribution in [-0.2, 0) is 0 Å². The van der Waals surface area contributed by atoms with Gasteiger partial charge in [-0.15, -0.1) is 0 Å². The van der Waals surface area contributed by atoms with Gasteiger partial charge in [0, 0.05) is 27.9 Å². The molecular weight excluding hydrogens is 358 g/mol. The Morgan fingerprint density at radius 2 is 1.81 bits per heavy atom. The van der Waals surface area contributed by atoms with E-state index in [1.54, 1.807) is 0 Å². The van der Waals surface area contributed by atoms with Crippen LogP contribution < -0.4 is 10.6 Å². The maximum absolute atomic E-state index is 5.91. The van der Waals surface area contributed by atoms with E-state index in [9.17, 15) is 0 Å². The molecule has 0 aliphatic carbocycles. The van der Waals surface area contributed by atoms with Crippen molar-refractivity contribution in [1.82, 2.24) is 4.90 Å². The minimum Gasteiger partial charge on any atom is -0.389 e. The normalized spacial score (nSPS) is 18.1. The van der Waals surface area contributed by atoms with Crippen molar-refractivity contribution in [3.8, 4) is 0 Å². The van der Waals surface area contributed by atoms with Crippen molar-refractivity contribution in [2.24, 2.45) is 5.73 Å². The molecule has 2 aromatic carbocycles. The number of rotatable bonds is 4. The summed E-state index contributed by atoms with van der Waals surface area (Å²) in [5.74, 6) is 0. The van der Waals surface area contributed by atoms with E-state index in [1.807, 2.05) is 17.8 Å². The van der Waals surface area contributed by atoms with Crippen LogP contribution in [0.3, 0.4) is 0 Å². The molecule has 0 bridgehead atoms. The summed E-state index contributed by atoms with van der Waals surface area (Å²) in [7, 11) is 0. The number of anilines is 2. The van der Waals surface area contributed by atoms with Crippen LogP contribution in [0.15, 0.2) is 52.3 Å². The third kappa shape index (κ3) is 3.48. The van der Waals surface area contributed by atoms with E-state index < -0.39 is 0 Å². The lowest BCUT2D eigenvalue weighted by atomic mass is 10.1. The summed E-state index contributed by atoms with van der Waals surface area (Å²) < 4.78 is 0. The van der Waals surface area contributed by atoms with Crippen LogP contribution in [0.4, 0.5) is 11.4 Å². The number of likely N-dealkylation sites (tertiary alicyclic amines) is 1. The van der Waals surface area contributed by atoms with Gasteiger partial charge in [-0.05, 0) is 57.1 Å². The Morgan fingerprint density at radius 3 is 2.58 bits per heavy atom. The molecule has 1 fully saturated rings. The predicted octanol–water partition coefficient (Wildman–Crippen LogP) is 4.80. The van der Waals surface area contributed by atoms with Gasteiger partial charge < -0.3 is 15.5 Å². The first-order valence-corrected chi connectivity index (χ1v) is 10.6. The highest BCUT2D eigenvalue weighted by Crippen LogP contribution is 2.49. The smallest absolute Gasteiger partial charge is 0.104 e. The standard InChI is InChI=1S/C21H25N3S2/c1-15(14-23-11-5-2-6-12-23)24-17-7-3-4-8-19(17)26-20-10-9-16(21(22)25)13-18(20)24/h3-4,7-10,13,15H,2,5-6,11-12,14H2,1H3,(H2,22,25)/t15-/m1/s1. The number of para-hydroxylation sites is 1. The number of hydrogen-bond acceptors (Lipinski definition) is 4. The van der Waals surface area contributed by atoms with Gasteiger partial charge in [-0.2, -0.15) is 0 Å². The average Bonchev–Trinajstić information content (AvgIpc) is 2.66. The molecule has 1 saturated heterocycles. The topological polar surface area (TPSA) is 32.5 Å². The predicted molar refractivity (Wildman–Crippen MR) is 115 cm³/mol. The summed E-state index contributed by atoms with van der Waals surface area (Å²) >= 11 is 7.06. The van der Waals surface area contributed by atoms with Crippen LogP contribution in [0.25, 0.3) is 0 Å². The number of benzene rings is 2. The van der Waals surface area contributed by atoms with Gasteiger partial charge in [0.05, 0.1) is 11.4 Å². The lowest BCUT2D eigenvalue weighted by Crippen LogP contribution is -2.43. The van der Waals surface area contributed by atoms with Gasteiger partial charge in [0.2, 0.25) is 0 Å². The zero-order chi connectivity index (χ0) is 18.1. The van der Waals surface area contributed by atoms with Crippen LogP contribution in [0.5, 0.6) is 0 Å². The molecule has 1 atom stereocenters. The largest absolute Gasteiger partial charge is 0.389 e. The van der Waals surface area contributed by atoms with Gasteiger partial charge in [0.25, 0.3) is 0 Å². The van der Waals surface area contributed by atoms with Gasteiger partial charge in [-0.3, -0.25) is 0 Å². The molecule has 2 aliphatic heterocycles. The van der Waals surface area contributed by atoms with Crippen LogP contribution in [0, 0.1) is 0 Å². The van der Waals surface area contributed by atoms with Crippen molar-refractivity contribution in [3.63, 3.8) is 0 Å². The first kappa shape index (κ1) is 17.8. The Morgan fingerprint density at radius 1 is 1.08 bits per heavy atom. The Hall–Kier alpha value is -1.56. The second kappa shape index (κ2) is 7.59. The van der Waals surface area contributed by atoms with Crippen molar-refractivity contribution < 1.29 is 0 Å². The summed E-state index contributed by atoms with van der Waals surface area (Å²) in [6.45, 7) is 5.84. The molecule has 2 heterocycles. The Kier molecular flexibility index (Phi) is 5.20. The minimum atomic E-state index is 0.385. The van der Waals surface area contributed by atoms with Gasteiger partial charge in [0.15, 0.2) is 0 Å². The summed E-state index contributed by atoms with van der Waals surface area (Å²) in [4.78, 5) is 8.13. The average molecular weight is 384 g/mol. The number of hydrogen-bond donors (Lipinski definition) is 1. The number of nitrogens with two attached hydrogens (primary N) is 1. The quantitative estimate of drug-likeness (QED) is 0.767. The van der Waals surface area contributed by atoms with E-state index in [-0.39, 0.29) is 0 Å². The summed E-state index contributed by atoms with van der Waals surface area (Å²) in [6.07, 6.45) is 4.01. The van der Waals surface area contributed by atoms with E-state index in [0.717, 1.165) is 12.1 Å². The SMILES string of the molecule is C[C@H](CN1CCCCC1)N1c2ccccc2Sc2ccc(C(N)=S)cc21. The molecule has 0 amide bonds. The van der Waals surface area contributed by atoms with E-state index in [4.69, 9.17) is 18.0 Å². The maximum Gasteiger partial charge on any atom is 0.104 e. The first-order chi connectivity index (χ1) is 12.6. The summed E-state index contributed by atoms with van der Waals surface area (Å²) in [5, 5.41) is 0. The zero-order valence-electron chi connectivity index (χ0n) is 15.1. The zero-order valence-corrected chi connectivity index (χ0v) is 16.8. The lowest BCUT2D eigenvalue weighted by Gasteiger charge is -2.40. The van der Waals surface area contributed by atoms with Crippen LogP contribution >= 0.6 is 24.0 Å². The van der Waals surface area contributed by atoms with Crippen LogP contribution in [0.1, 0.15) is 31.7 Å². The molecule has 0 aromatic heterocycles. The van der Waals surface area contributed by atoms with Crippen molar-refractivity contribution in [1.29, 1.82) is 0 Å². The summed E-state index contributed by atoms with van der Waals surface area (Å²) in [5.41, 5.74) is 9.36. The monoisotopic (exact) mass is 383 g/mol. The second-order valence-electron chi connectivity index (χ2n) is 7.20. The van der Waals surface area contributed by atoms with Gasteiger partial charge in [-0.25, -0.2) is 0 Å². The molecule has 3 nitrogen and oxygen atoms in total. The fourth-order valence-corrected chi connectivity index (χ4v) is 5.19. The number of piperidine rings is 1. The van der Waals surface area contributed by atoms with Crippen molar-refractivity contribution in [2.45, 2.75) is 42.0 Å². The molecule has 26 heavy (non-hydrogen) atoms. The second-order valence-corrected chi connectivity index (χ2v) is 8.72. The molecule has 0 unspecified atom stereocenters. The molecule has 5 heteroatoms. The van der Waals surface area contributed by atoms with E-state index in [0.29, 0.717) is 11.0 Å². The fourth-order valence-electron chi connectivity index (χ4n) is 4.01. The third-order valence-corrected chi connectivity index (χ3v) is 6.63. The highest BCUT2D eigenvalue weighted by molar-refractivity contribution is 7.99. The van der Waals surface area contributed by atoms with E-state index in [1.165, 1.54) is 53.5 Å². The van der Waals surface area contributed by atoms with Gasteiger partial charge in [0.1, 0.15) is 4.99 Å². The number of nitrogens with zero attached hydrogens (tertiary/aromatic N) is 2. The molecule has 2 N–H and O–H groups in total. The van der Waals surface area contributed by atoms with Crippen LogP contribution in [0.2, 0.25) is 0 Å². The van der Waals surface area contributed by atoms with Gasteiger partial charge >= 0.3 is 0 Å². The minimum absolute atomic E-state index is 0.385. The molecule has 0 spiro atoms. The molecule has 2 aromatic rings. The number of fused-ring (bicyclic) bond motifs is 2. The first-order valence-electron chi connectivity index (χ1n) is 9.36. The Labute approximate surface area is 165 Å². The molecule has 4 rings (SSSR count). The van der Waals surface area contributed by atoms with Crippen molar-refractivity contribution in [3.05, 3.63) is 48.0 Å². The molecule has 0 radical (unpaired) electrons. The Bertz CT molecular complexity index is 815. The molecule has 2 aliphatic rings. The molecule has 0 saturated carbocycles.